The second kappa shape index (κ2) is 15.5. The van der Waals surface area contributed by atoms with Gasteiger partial charge in [-0.1, -0.05) is 30.7 Å². The first-order chi connectivity index (χ1) is 13.7. The van der Waals surface area contributed by atoms with Gasteiger partial charge in [-0.05, 0) is 56.8 Å². The molecule has 1 saturated heterocycles. The summed E-state index contributed by atoms with van der Waals surface area (Å²) >= 11 is 0. The first kappa shape index (κ1) is 25.7. The Hall–Kier alpha value is -1.35. The van der Waals surface area contributed by atoms with Gasteiger partial charge in [0.15, 0.2) is 5.96 Å². The number of methoxy groups -OCH3 is 1. The van der Waals surface area contributed by atoms with Crippen LogP contribution in [0.1, 0.15) is 56.6 Å². The van der Waals surface area contributed by atoms with Crippen molar-refractivity contribution in [2.75, 3.05) is 33.3 Å². The summed E-state index contributed by atoms with van der Waals surface area (Å²) in [6.07, 6.45) is 6.23. The van der Waals surface area contributed by atoms with E-state index in [2.05, 4.69) is 56.5 Å². The molecule has 0 bridgehead atoms. The van der Waals surface area contributed by atoms with Crippen molar-refractivity contribution in [2.24, 2.45) is 4.99 Å². The number of hydrogen-bond acceptors (Lipinski definition) is 4. The van der Waals surface area contributed by atoms with Crippen LogP contribution in [0.2, 0.25) is 0 Å². The molecule has 0 unspecified atom stereocenters. The number of nitrogens with zero attached hydrogens (tertiary/aromatic N) is 2. The van der Waals surface area contributed by atoms with Gasteiger partial charge in [0.05, 0.1) is 13.7 Å². The number of piperidine rings is 1. The van der Waals surface area contributed by atoms with E-state index >= 15 is 0 Å². The average molecular weight is 516 g/mol. The predicted octanol–water partition coefficient (Wildman–Crippen LogP) is 3.69. The topological polar surface area (TPSA) is 66.0 Å². The predicted molar refractivity (Wildman–Crippen MR) is 130 cm³/mol. The van der Waals surface area contributed by atoms with E-state index < -0.39 is 0 Å². The Labute approximate surface area is 192 Å². The quantitative estimate of drug-likeness (QED) is 0.163. The van der Waals surface area contributed by atoms with Gasteiger partial charge >= 0.3 is 5.97 Å². The Kier molecular flexibility index (Phi) is 13.7. The number of aliphatic imine (C=N–C) groups is 1. The molecule has 0 amide bonds. The maximum absolute atomic E-state index is 11.1. The van der Waals surface area contributed by atoms with Gasteiger partial charge in [-0.3, -0.25) is 9.69 Å². The first-order valence-electron chi connectivity index (χ1n) is 10.6. The van der Waals surface area contributed by atoms with E-state index in [1.54, 1.807) is 0 Å². The van der Waals surface area contributed by atoms with E-state index in [0.717, 1.165) is 38.4 Å². The maximum atomic E-state index is 11.1. The van der Waals surface area contributed by atoms with Crippen molar-refractivity contribution in [3.63, 3.8) is 0 Å². The molecule has 1 fully saturated rings. The van der Waals surface area contributed by atoms with Gasteiger partial charge in [-0.2, -0.15) is 0 Å². The van der Waals surface area contributed by atoms with E-state index in [1.807, 2.05) is 0 Å². The summed E-state index contributed by atoms with van der Waals surface area (Å²) in [5, 5.41) is 6.60. The lowest BCUT2D eigenvalue weighted by Crippen LogP contribution is -2.37. The Morgan fingerprint density at radius 3 is 2.41 bits per heavy atom. The number of ether oxygens (including phenoxy) is 1. The molecular weight excluding hydrogens is 479 g/mol. The third kappa shape index (κ3) is 10.8. The highest BCUT2D eigenvalue weighted by atomic mass is 127. The summed E-state index contributed by atoms with van der Waals surface area (Å²) in [6, 6.07) is 8.82. The lowest BCUT2D eigenvalue weighted by Gasteiger charge is -2.26. The minimum Gasteiger partial charge on any atom is -0.469 e. The van der Waals surface area contributed by atoms with Crippen LogP contribution in [0.4, 0.5) is 0 Å². The molecule has 0 saturated carbocycles. The molecule has 1 aromatic carbocycles. The fourth-order valence-corrected chi connectivity index (χ4v) is 3.34. The van der Waals surface area contributed by atoms with Gasteiger partial charge in [0, 0.05) is 26.1 Å². The van der Waals surface area contributed by atoms with Crippen molar-refractivity contribution in [1.82, 2.24) is 15.5 Å². The third-order valence-corrected chi connectivity index (χ3v) is 4.97. The van der Waals surface area contributed by atoms with Gasteiger partial charge in [-0.15, -0.1) is 24.0 Å². The number of likely N-dealkylation sites (tertiary alicyclic amines) is 1. The number of nitrogens with one attached hydrogen (secondary N) is 2. The number of benzene rings is 1. The highest BCUT2D eigenvalue weighted by Crippen LogP contribution is 2.14. The standard InChI is InChI=1S/C22H36N4O2.HI/c1-3-23-22(24-14-6-5-9-21(27)28-2)25-17-19-10-12-20(13-11-19)18-26-15-7-4-8-16-26;/h10-13H,3-9,14-18H2,1-2H3,(H2,23,24,25);1H. The number of rotatable bonds is 10. The van der Waals surface area contributed by atoms with Crippen molar-refractivity contribution in [1.29, 1.82) is 0 Å². The Bertz CT molecular complexity index is 601. The van der Waals surface area contributed by atoms with E-state index in [4.69, 9.17) is 0 Å². The molecule has 164 valence electrons. The molecular formula is C22H37IN4O2. The van der Waals surface area contributed by atoms with Crippen LogP contribution in [0.3, 0.4) is 0 Å². The van der Waals surface area contributed by atoms with E-state index in [0.29, 0.717) is 13.0 Å². The molecule has 1 heterocycles. The summed E-state index contributed by atoms with van der Waals surface area (Å²) in [4.78, 5) is 18.3. The Morgan fingerprint density at radius 2 is 1.76 bits per heavy atom. The minimum absolute atomic E-state index is 0. The summed E-state index contributed by atoms with van der Waals surface area (Å²) < 4.78 is 4.66. The number of guanidine groups is 1. The van der Waals surface area contributed by atoms with E-state index in [-0.39, 0.29) is 29.9 Å². The van der Waals surface area contributed by atoms with Crippen LogP contribution < -0.4 is 10.6 Å². The van der Waals surface area contributed by atoms with Gasteiger partial charge in [0.1, 0.15) is 0 Å². The molecule has 2 rings (SSSR count). The summed E-state index contributed by atoms with van der Waals surface area (Å²) in [6.45, 7) is 7.83. The molecule has 0 atom stereocenters. The largest absolute Gasteiger partial charge is 0.469 e. The molecule has 1 aromatic rings. The number of esters is 1. The lowest BCUT2D eigenvalue weighted by atomic mass is 10.1. The lowest BCUT2D eigenvalue weighted by molar-refractivity contribution is -0.140. The second-order valence-corrected chi connectivity index (χ2v) is 7.31. The Morgan fingerprint density at radius 1 is 1.07 bits per heavy atom. The van der Waals surface area contributed by atoms with E-state index in [1.165, 1.54) is 50.6 Å². The van der Waals surface area contributed by atoms with Crippen LogP contribution >= 0.6 is 24.0 Å². The van der Waals surface area contributed by atoms with Crippen LogP contribution in [-0.4, -0.2) is 50.1 Å². The summed E-state index contributed by atoms with van der Waals surface area (Å²) in [5.74, 6) is 0.669. The van der Waals surface area contributed by atoms with Gasteiger partial charge < -0.3 is 15.4 Å². The highest BCUT2D eigenvalue weighted by molar-refractivity contribution is 14.0. The SMILES string of the molecule is CCNC(=NCc1ccc(CN2CCCCC2)cc1)NCCCCC(=O)OC.I. The fourth-order valence-electron chi connectivity index (χ4n) is 3.34. The maximum Gasteiger partial charge on any atom is 0.305 e. The minimum atomic E-state index is -0.149. The number of carbonyl (C=O) groups excluding carboxylic acids is 1. The van der Waals surface area contributed by atoms with Crippen molar-refractivity contribution in [2.45, 2.75) is 58.5 Å². The van der Waals surface area contributed by atoms with E-state index in [9.17, 15) is 4.79 Å². The van der Waals surface area contributed by atoms with Crippen LogP contribution in [0, 0.1) is 0 Å². The van der Waals surface area contributed by atoms with Crippen molar-refractivity contribution >= 4 is 35.9 Å². The zero-order valence-corrected chi connectivity index (χ0v) is 20.2. The number of unbranched alkanes of at least 4 members (excludes halogenated alkanes) is 1. The summed E-state index contributed by atoms with van der Waals surface area (Å²) in [5.41, 5.74) is 2.59. The average Bonchev–Trinajstić information content (AvgIpc) is 2.73. The molecule has 7 heteroatoms. The third-order valence-electron chi connectivity index (χ3n) is 4.97. The first-order valence-corrected chi connectivity index (χ1v) is 10.6. The smallest absolute Gasteiger partial charge is 0.305 e. The van der Waals surface area contributed by atoms with Gasteiger partial charge in [0.25, 0.3) is 0 Å². The van der Waals surface area contributed by atoms with Crippen molar-refractivity contribution in [3.8, 4) is 0 Å². The molecule has 6 nitrogen and oxygen atoms in total. The molecule has 0 spiro atoms. The Balaban J connectivity index is 0.00000420. The number of carbonyl (C=O) groups is 1. The molecule has 2 N–H and O–H groups in total. The monoisotopic (exact) mass is 516 g/mol. The molecule has 1 aliphatic heterocycles. The fraction of sp³-hybridized carbons (Fsp3) is 0.636. The number of hydrogen-bond donors (Lipinski definition) is 2. The molecule has 1 aliphatic rings. The molecule has 29 heavy (non-hydrogen) atoms. The van der Waals surface area contributed by atoms with Gasteiger partial charge in [0.2, 0.25) is 0 Å². The molecule has 0 aliphatic carbocycles. The molecule has 0 aromatic heterocycles. The normalized spacial score (nSPS) is 14.8. The van der Waals surface area contributed by atoms with Crippen LogP contribution in [0.25, 0.3) is 0 Å². The van der Waals surface area contributed by atoms with Crippen LogP contribution in [0.5, 0.6) is 0 Å². The molecule has 0 radical (unpaired) electrons. The van der Waals surface area contributed by atoms with Gasteiger partial charge in [-0.25, -0.2) is 4.99 Å². The van der Waals surface area contributed by atoms with Crippen molar-refractivity contribution in [3.05, 3.63) is 35.4 Å². The zero-order valence-electron chi connectivity index (χ0n) is 17.9. The highest BCUT2D eigenvalue weighted by Gasteiger charge is 2.10. The van der Waals surface area contributed by atoms with Crippen LogP contribution in [-0.2, 0) is 22.6 Å². The number of halogens is 1. The van der Waals surface area contributed by atoms with Crippen LogP contribution in [0.15, 0.2) is 29.3 Å². The zero-order chi connectivity index (χ0) is 20.0. The van der Waals surface area contributed by atoms with Crippen molar-refractivity contribution < 1.29 is 9.53 Å². The summed E-state index contributed by atoms with van der Waals surface area (Å²) in [7, 11) is 1.43. The second-order valence-electron chi connectivity index (χ2n) is 7.31.